The summed E-state index contributed by atoms with van der Waals surface area (Å²) in [6.45, 7) is 1.63. The first kappa shape index (κ1) is 13.4. The standard InChI is InChI=1S/C15H26N2O2/c1-16-15(7-3-2-4-8-15)9-14(18)17-10-12-5-6-13(11-17)19-12/h12-13,16H,2-11H2,1H3. The molecule has 0 aromatic carbocycles. The topological polar surface area (TPSA) is 41.6 Å². The molecule has 0 spiro atoms. The van der Waals surface area contributed by atoms with Gasteiger partial charge in [-0.3, -0.25) is 4.79 Å². The lowest BCUT2D eigenvalue weighted by atomic mass is 9.79. The number of morpholine rings is 1. The smallest absolute Gasteiger partial charge is 0.224 e. The summed E-state index contributed by atoms with van der Waals surface area (Å²) < 4.78 is 5.81. The molecule has 2 atom stereocenters. The third kappa shape index (κ3) is 2.79. The van der Waals surface area contributed by atoms with Gasteiger partial charge < -0.3 is 15.0 Å². The first-order valence-corrected chi connectivity index (χ1v) is 7.83. The van der Waals surface area contributed by atoms with Crippen LogP contribution in [0.5, 0.6) is 0 Å². The number of ether oxygens (including phenoxy) is 1. The summed E-state index contributed by atoms with van der Waals surface area (Å²) in [4.78, 5) is 14.6. The second kappa shape index (κ2) is 5.41. The fraction of sp³-hybridized carbons (Fsp3) is 0.933. The molecule has 1 amide bonds. The van der Waals surface area contributed by atoms with Crippen molar-refractivity contribution in [3.63, 3.8) is 0 Å². The largest absolute Gasteiger partial charge is 0.371 e. The Balaban J connectivity index is 1.60. The van der Waals surface area contributed by atoms with E-state index >= 15 is 0 Å². The zero-order valence-electron chi connectivity index (χ0n) is 12.0. The molecule has 1 saturated carbocycles. The van der Waals surface area contributed by atoms with Crippen LogP contribution in [-0.2, 0) is 9.53 Å². The van der Waals surface area contributed by atoms with Crippen molar-refractivity contribution in [3.05, 3.63) is 0 Å². The van der Waals surface area contributed by atoms with Gasteiger partial charge in [0.15, 0.2) is 0 Å². The van der Waals surface area contributed by atoms with Crippen LogP contribution in [0.3, 0.4) is 0 Å². The van der Waals surface area contributed by atoms with Gasteiger partial charge in [-0.15, -0.1) is 0 Å². The summed E-state index contributed by atoms with van der Waals surface area (Å²) in [5, 5.41) is 3.45. The van der Waals surface area contributed by atoms with Gasteiger partial charge in [0, 0.05) is 25.0 Å². The molecule has 0 radical (unpaired) electrons. The summed E-state index contributed by atoms with van der Waals surface area (Å²) in [6, 6.07) is 0. The van der Waals surface area contributed by atoms with Crippen LogP contribution in [0.25, 0.3) is 0 Å². The van der Waals surface area contributed by atoms with Gasteiger partial charge in [-0.05, 0) is 32.7 Å². The number of amides is 1. The van der Waals surface area contributed by atoms with Gasteiger partial charge in [0.1, 0.15) is 0 Å². The first-order valence-electron chi connectivity index (χ1n) is 7.83. The van der Waals surface area contributed by atoms with E-state index in [9.17, 15) is 4.79 Å². The molecule has 2 aliphatic heterocycles. The number of fused-ring (bicyclic) bond motifs is 2. The lowest BCUT2D eigenvalue weighted by Crippen LogP contribution is -2.52. The SMILES string of the molecule is CNC1(CC(=O)N2CC3CCC(C2)O3)CCCCC1. The average Bonchev–Trinajstić information content (AvgIpc) is 2.78. The van der Waals surface area contributed by atoms with Gasteiger partial charge in [-0.2, -0.15) is 0 Å². The van der Waals surface area contributed by atoms with Crippen molar-refractivity contribution in [3.8, 4) is 0 Å². The highest BCUT2D eigenvalue weighted by atomic mass is 16.5. The normalized spacial score (nSPS) is 33.4. The molecule has 19 heavy (non-hydrogen) atoms. The fourth-order valence-electron chi connectivity index (χ4n) is 3.96. The molecule has 3 rings (SSSR count). The Morgan fingerprint density at radius 1 is 1.21 bits per heavy atom. The van der Waals surface area contributed by atoms with Crippen LogP contribution in [0, 0.1) is 0 Å². The van der Waals surface area contributed by atoms with Crippen LogP contribution in [0.4, 0.5) is 0 Å². The van der Waals surface area contributed by atoms with Crippen LogP contribution in [-0.4, -0.2) is 48.7 Å². The molecule has 2 bridgehead atoms. The van der Waals surface area contributed by atoms with Gasteiger partial charge in [-0.25, -0.2) is 0 Å². The Kier molecular flexibility index (Phi) is 3.81. The predicted octanol–water partition coefficient (Wildman–Crippen LogP) is 1.69. The van der Waals surface area contributed by atoms with E-state index in [0.29, 0.717) is 24.5 Å². The molecule has 2 saturated heterocycles. The minimum Gasteiger partial charge on any atom is -0.371 e. The van der Waals surface area contributed by atoms with Crippen molar-refractivity contribution in [2.24, 2.45) is 0 Å². The maximum absolute atomic E-state index is 12.6. The van der Waals surface area contributed by atoms with E-state index in [1.807, 2.05) is 7.05 Å². The maximum atomic E-state index is 12.6. The zero-order chi connectivity index (χ0) is 13.3. The molecule has 0 aromatic heterocycles. The highest BCUT2D eigenvalue weighted by Gasteiger charge is 2.39. The van der Waals surface area contributed by atoms with E-state index in [0.717, 1.165) is 38.8 Å². The van der Waals surface area contributed by atoms with E-state index < -0.39 is 0 Å². The second-order valence-electron chi connectivity index (χ2n) is 6.52. The minimum absolute atomic E-state index is 0.0622. The van der Waals surface area contributed by atoms with Crippen molar-refractivity contribution in [2.75, 3.05) is 20.1 Å². The number of nitrogens with zero attached hydrogens (tertiary/aromatic N) is 1. The Morgan fingerprint density at radius 2 is 1.84 bits per heavy atom. The van der Waals surface area contributed by atoms with Gasteiger partial charge in [0.2, 0.25) is 5.91 Å². The number of carbonyl (C=O) groups excluding carboxylic acids is 1. The van der Waals surface area contributed by atoms with E-state index in [-0.39, 0.29) is 5.54 Å². The second-order valence-corrected chi connectivity index (χ2v) is 6.52. The lowest BCUT2D eigenvalue weighted by molar-refractivity contribution is -0.141. The van der Waals surface area contributed by atoms with Gasteiger partial charge in [-0.1, -0.05) is 19.3 Å². The van der Waals surface area contributed by atoms with Crippen LogP contribution in [0.1, 0.15) is 51.4 Å². The number of hydrogen-bond donors (Lipinski definition) is 1. The van der Waals surface area contributed by atoms with E-state index in [4.69, 9.17) is 4.74 Å². The minimum atomic E-state index is 0.0622. The number of carbonyl (C=O) groups is 1. The van der Waals surface area contributed by atoms with Crippen LogP contribution >= 0.6 is 0 Å². The number of hydrogen-bond acceptors (Lipinski definition) is 3. The molecule has 4 heteroatoms. The number of rotatable bonds is 3. The van der Waals surface area contributed by atoms with Gasteiger partial charge in [0.05, 0.1) is 12.2 Å². The van der Waals surface area contributed by atoms with Crippen molar-refractivity contribution < 1.29 is 9.53 Å². The third-order valence-electron chi connectivity index (χ3n) is 5.23. The van der Waals surface area contributed by atoms with Crippen molar-refractivity contribution in [1.29, 1.82) is 0 Å². The van der Waals surface area contributed by atoms with Crippen molar-refractivity contribution in [2.45, 2.75) is 69.1 Å². The Morgan fingerprint density at radius 3 is 2.42 bits per heavy atom. The summed E-state index contributed by atoms with van der Waals surface area (Å²) in [6.07, 6.45) is 9.66. The molecule has 3 aliphatic rings. The highest BCUT2D eigenvalue weighted by Crippen LogP contribution is 2.33. The molecule has 0 aromatic rings. The molecule has 3 fully saturated rings. The first-order chi connectivity index (χ1) is 9.21. The Labute approximate surface area is 115 Å². The molecule has 1 N–H and O–H groups in total. The molecule has 4 nitrogen and oxygen atoms in total. The van der Waals surface area contributed by atoms with Crippen molar-refractivity contribution >= 4 is 5.91 Å². The summed E-state index contributed by atoms with van der Waals surface area (Å²) in [7, 11) is 2.02. The monoisotopic (exact) mass is 266 g/mol. The Hall–Kier alpha value is -0.610. The average molecular weight is 266 g/mol. The van der Waals surface area contributed by atoms with Gasteiger partial charge in [0.25, 0.3) is 0 Å². The van der Waals surface area contributed by atoms with E-state index in [1.165, 1.54) is 19.3 Å². The summed E-state index contributed by atoms with van der Waals surface area (Å²) >= 11 is 0. The lowest BCUT2D eigenvalue weighted by Gasteiger charge is -2.39. The number of nitrogens with one attached hydrogen (secondary N) is 1. The molecule has 2 heterocycles. The number of likely N-dealkylation sites (tertiary alicyclic amines) is 1. The van der Waals surface area contributed by atoms with Crippen LogP contribution in [0.15, 0.2) is 0 Å². The van der Waals surface area contributed by atoms with Crippen molar-refractivity contribution in [1.82, 2.24) is 10.2 Å². The van der Waals surface area contributed by atoms with Gasteiger partial charge >= 0.3 is 0 Å². The van der Waals surface area contributed by atoms with Crippen LogP contribution in [0.2, 0.25) is 0 Å². The molecule has 108 valence electrons. The maximum Gasteiger partial charge on any atom is 0.224 e. The molecular formula is C15H26N2O2. The summed E-state index contributed by atoms with van der Waals surface area (Å²) in [5.41, 5.74) is 0.0622. The summed E-state index contributed by atoms with van der Waals surface area (Å²) in [5.74, 6) is 0.330. The predicted molar refractivity (Wildman–Crippen MR) is 74.0 cm³/mol. The van der Waals surface area contributed by atoms with E-state index in [2.05, 4.69) is 10.2 Å². The molecular weight excluding hydrogens is 240 g/mol. The highest BCUT2D eigenvalue weighted by molar-refractivity contribution is 5.77. The zero-order valence-corrected chi connectivity index (χ0v) is 12.0. The fourth-order valence-corrected chi connectivity index (χ4v) is 3.96. The molecule has 2 unspecified atom stereocenters. The Bertz CT molecular complexity index is 327. The quantitative estimate of drug-likeness (QED) is 0.845. The van der Waals surface area contributed by atoms with Crippen LogP contribution < -0.4 is 5.32 Å². The van der Waals surface area contributed by atoms with E-state index in [1.54, 1.807) is 0 Å². The molecule has 1 aliphatic carbocycles. The third-order valence-corrected chi connectivity index (χ3v) is 5.23.